The molecule has 0 aromatic heterocycles. The highest BCUT2D eigenvalue weighted by atomic mass is 32.2. The minimum Gasteiger partial charge on any atom is -0.309 e. The van der Waals surface area contributed by atoms with Crippen LogP contribution in [0.3, 0.4) is 0 Å². The standard InChI is InChI=1S/C14H19NOS/c1-15(2)9-7-11-8-10-17-13-6-4-3-5-12(13)14(11)16/h3-6,11H,7-10H2,1-2H3. The number of hydrogen-bond donors (Lipinski definition) is 0. The van der Waals surface area contributed by atoms with Crippen LogP contribution in [0.5, 0.6) is 0 Å². The van der Waals surface area contributed by atoms with Crippen LogP contribution in [0.25, 0.3) is 0 Å². The zero-order valence-corrected chi connectivity index (χ0v) is 11.3. The topological polar surface area (TPSA) is 20.3 Å². The minimum absolute atomic E-state index is 0.202. The largest absolute Gasteiger partial charge is 0.309 e. The molecule has 0 amide bonds. The average molecular weight is 249 g/mol. The summed E-state index contributed by atoms with van der Waals surface area (Å²) in [6.45, 7) is 0.989. The molecule has 0 fully saturated rings. The summed E-state index contributed by atoms with van der Waals surface area (Å²) in [5.41, 5.74) is 0.929. The molecular weight excluding hydrogens is 230 g/mol. The summed E-state index contributed by atoms with van der Waals surface area (Å²) in [6, 6.07) is 8.01. The lowest BCUT2D eigenvalue weighted by molar-refractivity contribution is 0.0903. The number of rotatable bonds is 3. The summed E-state index contributed by atoms with van der Waals surface area (Å²) in [4.78, 5) is 15.7. The van der Waals surface area contributed by atoms with Gasteiger partial charge in [0.25, 0.3) is 0 Å². The van der Waals surface area contributed by atoms with Crippen molar-refractivity contribution in [3.05, 3.63) is 29.8 Å². The van der Waals surface area contributed by atoms with Gasteiger partial charge in [0.2, 0.25) is 0 Å². The summed E-state index contributed by atoms with van der Waals surface area (Å²) in [5.74, 6) is 1.60. The van der Waals surface area contributed by atoms with Crippen LogP contribution in [-0.4, -0.2) is 37.1 Å². The average Bonchev–Trinajstić information content (AvgIpc) is 2.47. The van der Waals surface area contributed by atoms with Crippen molar-refractivity contribution in [2.24, 2.45) is 5.92 Å². The highest BCUT2D eigenvalue weighted by molar-refractivity contribution is 7.99. The Labute approximate surface area is 107 Å². The van der Waals surface area contributed by atoms with Crippen molar-refractivity contribution in [2.75, 3.05) is 26.4 Å². The first kappa shape index (κ1) is 12.7. The van der Waals surface area contributed by atoms with Crippen LogP contribution >= 0.6 is 11.8 Å². The SMILES string of the molecule is CN(C)CCC1CCSc2ccccc2C1=O. The molecule has 0 radical (unpaired) electrons. The molecular formula is C14H19NOS. The molecule has 0 saturated carbocycles. The fourth-order valence-corrected chi connectivity index (χ4v) is 3.27. The Balaban J connectivity index is 2.14. The van der Waals surface area contributed by atoms with Gasteiger partial charge in [0, 0.05) is 16.4 Å². The fraction of sp³-hybridized carbons (Fsp3) is 0.500. The second kappa shape index (κ2) is 5.69. The number of Topliss-reactive ketones (excluding diaryl/α,β-unsaturated/α-hetero) is 1. The smallest absolute Gasteiger partial charge is 0.167 e. The maximum atomic E-state index is 12.4. The van der Waals surface area contributed by atoms with E-state index in [0.717, 1.165) is 35.6 Å². The van der Waals surface area contributed by atoms with Crippen molar-refractivity contribution < 1.29 is 4.79 Å². The number of benzene rings is 1. The number of carbonyl (C=O) groups excluding carboxylic acids is 1. The van der Waals surface area contributed by atoms with E-state index in [-0.39, 0.29) is 5.92 Å². The lowest BCUT2D eigenvalue weighted by atomic mass is 9.92. The normalized spacial score (nSPS) is 20.2. The second-order valence-corrected chi connectivity index (χ2v) is 5.92. The van der Waals surface area contributed by atoms with Gasteiger partial charge in [-0.15, -0.1) is 11.8 Å². The van der Waals surface area contributed by atoms with Crippen molar-refractivity contribution >= 4 is 17.5 Å². The van der Waals surface area contributed by atoms with E-state index < -0.39 is 0 Å². The molecule has 1 heterocycles. The van der Waals surface area contributed by atoms with E-state index in [1.807, 2.05) is 30.0 Å². The molecule has 17 heavy (non-hydrogen) atoms. The predicted molar refractivity (Wildman–Crippen MR) is 72.8 cm³/mol. The number of thioether (sulfide) groups is 1. The first-order chi connectivity index (χ1) is 8.18. The summed E-state index contributed by atoms with van der Waals surface area (Å²) >= 11 is 1.82. The molecule has 0 saturated heterocycles. The van der Waals surface area contributed by atoms with E-state index >= 15 is 0 Å². The molecule has 2 nitrogen and oxygen atoms in total. The molecule has 0 bridgehead atoms. The molecule has 1 aliphatic heterocycles. The van der Waals surface area contributed by atoms with E-state index in [1.54, 1.807) is 0 Å². The Bertz CT molecular complexity index is 403. The number of ketones is 1. The van der Waals surface area contributed by atoms with Crippen molar-refractivity contribution in [1.29, 1.82) is 0 Å². The highest BCUT2D eigenvalue weighted by Crippen LogP contribution is 2.32. The van der Waals surface area contributed by atoms with Gasteiger partial charge in [-0.05, 0) is 45.3 Å². The molecule has 0 aliphatic carbocycles. The van der Waals surface area contributed by atoms with Crippen molar-refractivity contribution in [2.45, 2.75) is 17.7 Å². The van der Waals surface area contributed by atoms with Gasteiger partial charge in [-0.3, -0.25) is 4.79 Å². The first-order valence-corrected chi connectivity index (χ1v) is 7.08. The van der Waals surface area contributed by atoms with E-state index in [1.165, 1.54) is 0 Å². The predicted octanol–water partition coefficient (Wildman–Crippen LogP) is 2.93. The first-order valence-electron chi connectivity index (χ1n) is 6.09. The van der Waals surface area contributed by atoms with E-state index in [2.05, 4.69) is 25.1 Å². The third-order valence-electron chi connectivity index (χ3n) is 3.17. The fourth-order valence-electron chi connectivity index (χ4n) is 2.15. The van der Waals surface area contributed by atoms with Crippen LogP contribution in [0.4, 0.5) is 0 Å². The Hall–Kier alpha value is -0.800. The molecule has 1 aliphatic rings. The van der Waals surface area contributed by atoms with Crippen LogP contribution in [0, 0.1) is 5.92 Å². The Morgan fingerprint density at radius 1 is 1.35 bits per heavy atom. The molecule has 3 heteroatoms. The van der Waals surface area contributed by atoms with Gasteiger partial charge in [0.1, 0.15) is 0 Å². The van der Waals surface area contributed by atoms with Gasteiger partial charge < -0.3 is 4.90 Å². The van der Waals surface area contributed by atoms with Crippen LogP contribution in [0.2, 0.25) is 0 Å². The molecule has 1 aromatic carbocycles. The summed E-state index contributed by atoms with van der Waals surface area (Å²) in [6.07, 6.45) is 1.98. The number of fused-ring (bicyclic) bond motifs is 1. The summed E-state index contributed by atoms with van der Waals surface area (Å²) < 4.78 is 0. The molecule has 92 valence electrons. The van der Waals surface area contributed by atoms with Gasteiger partial charge in [0.05, 0.1) is 0 Å². The Morgan fingerprint density at radius 2 is 2.12 bits per heavy atom. The molecule has 1 unspecified atom stereocenters. The van der Waals surface area contributed by atoms with E-state index in [0.29, 0.717) is 5.78 Å². The monoisotopic (exact) mass is 249 g/mol. The van der Waals surface area contributed by atoms with Gasteiger partial charge in [-0.2, -0.15) is 0 Å². The van der Waals surface area contributed by atoms with Crippen LogP contribution in [-0.2, 0) is 0 Å². The van der Waals surface area contributed by atoms with Crippen molar-refractivity contribution in [1.82, 2.24) is 4.90 Å². The van der Waals surface area contributed by atoms with Crippen molar-refractivity contribution in [3.8, 4) is 0 Å². The van der Waals surface area contributed by atoms with Gasteiger partial charge in [-0.25, -0.2) is 0 Å². The lowest BCUT2D eigenvalue weighted by Crippen LogP contribution is -2.22. The summed E-state index contributed by atoms with van der Waals surface area (Å²) in [5, 5.41) is 0. The maximum absolute atomic E-state index is 12.4. The zero-order valence-electron chi connectivity index (χ0n) is 10.5. The number of hydrogen-bond acceptors (Lipinski definition) is 3. The van der Waals surface area contributed by atoms with Gasteiger partial charge >= 0.3 is 0 Å². The van der Waals surface area contributed by atoms with Crippen LogP contribution < -0.4 is 0 Å². The third-order valence-corrected chi connectivity index (χ3v) is 4.28. The Morgan fingerprint density at radius 3 is 2.88 bits per heavy atom. The number of nitrogens with zero attached hydrogens (tertiary/aromatic N) is 1. The van der Waals surface area contributed by atoms with Crippen molar-refractivity contribution in [3.63, 3.8) is 0 Å². The quantitative estimate of drug-likeness (QED) is 0.821. The van der Waals surface area contributed by atoms with E-state index in [4.69, 9.17) is 0 Å². The van der Waals surface area contributed by atoms with Gasteiger partial charge in [0.15, 0.2) is 5.78 Å². The molecule has 2 rings (SSSR count). The highest BCUT2D eigenvalue weighted by Gasteiger charge is 2.25. The molecule has 0 N–H and O–H groups in total. The van der Waals surface area contributed by atoms with Gasteiger partial charge in [-0.1, -0.05) is 18.2 Å². The lowest BCUT2D eigenvalue weighted by Gasteiger charge is -2.16. The minimum atomic E-state index is 0.202. The molecule has 0 spiro atoms. The Kier molecular flexibility index (Phi) is 4.24. The van der Waals surface area contributed by atoms with Crippen LogP contribution in [0.15, 0.2) is 29.2 Å². The third kappa shape index (κ3) is 3.11. The van der Waals surface area contributed by atoms with E-state index in [9.17, 15) is 4.79 Å². The maximum Gasteiger partial charge on any atom is 0.167 e. The second-order valence-electron chi connectivity index (χ2n) is 4.79. The molecule has 1 atom stereocenters. The van der Waals surface area contributed by atoms with Crippen LogP contribution in [0.1, 0.15) is 23.2 Å². The number of carbonyl (C=O) groups is 1. The molecule has 1 aromatic rings. The summed E-state index contributed by atoms with van der Waals surface area (Å²) in [7, 11) is 4.12. The zero-order chi connectivity index (χ0) is 12.3.